The van der Waals surface area contributed by atoms with Crippen molar-refractivity contribution in [1.82, 2.24) is 4.90 Å². The quantitative estimate of drug-likeness (QED) is 0.786. The molecular weight excluding hydrogens is 262 g/mol. The minimum absolute atomic E-state index is 0.109. The Morgan fingerprint density at radius 3 is 2.33 bits per heavy atom. The van der Waals surface area contributed by atoms with Crippen molar-refractivity contribution in [3.8, 4) is 0 Å². The van der Waals surface area contributed by atoms with Crippen LogP contribution in [-0.2, 0) is 9.53 Å². The van der Waals surface area contributed by atoms with E-state index < -0.39 is 5.60 Å². The Balaban J connectivity index is 2.10. The summed E-state index contributed by atoms with van der Waals surface area (Å²) in [5, 5.41) is 0. The minimum Gasteiger partial charge on any atom is -0.460 e. The number of benzene rings is 1. The predicted molar refractivity (Wildman–Crippen MR) is 85.1 cm³/mol. The maximum Gasteiger partial charge on any atom is 0.308 e. The van der Waals surface area contributed by atoms with Gasteiger partial charge in [-0.1, -0.05) is 36.8 Å². The average molecular weight is 289 g/mol. The summed E-state index contributed by atoms with van der Waals surface area (Å²) in [7, 11) is 0. The van der Waals surface area contributed by atoms with Crippen LogP contribution in [-0.4, -0.2) is 29.6 Å². The van der Waals surface area contributed by atoms with Crippen molar-refractivity contribution in [2.75, 3.05) is 13.1 Å². The van der Waals surface area contributed by atoms with Crippen molar-refractivity contribution < 1.29 is 9.53 Å². The lowest BCUT2D eigenvalue weighted by molar-refractivity contribution is -0.156. The smallest absolute Gasteiger partial charge is 0.308 e. The number of hydrogen-bond donors (Lipinski definition) is 0. The molecule has 0 N–H and O–H groups in total. The predicted octanol–water partition coefficient (Wildman–Crippen LogP) is 3.95. The van der Waals surface area contributed by atoms with Gasteiger partial charge in [0, 0.05) is 6.04 Å². The fraction of sp³-hybridized carbons (Fsp3) is 0.611. The van der Waals surface area contributed by atoms with Crippen molar-refractivity contribution in [2.45, 2.75) is 58.1 Å². The number of hydrogen-bond acceptors (Lipinski definition) is 3. The van der Waals surface area contributed by atoms with E-state index in [4.69, 9.17) is 4.74 Å². The standard InChI is InChI=1S/C18H27NO2/c1-18(2,3)21-17(20)14-16(15-10-6-4-7-11-15)19-12-8-5-9-13-19/h4,6-7,10-11,16H,5,8-9,12-14H2,1-3H3. The van der Waals surface area contributed by atoms with Crippen LogP contribution < -0.4 is 0 Å². The van der Waals surface area contributed by atoms with Crippen molar-refractivity contribution in [3.05, 3.63) is 35.9 Å². The number of nitrogens with zero attached hydrogens (tertiary/aromatic N) is 1. The molecule has 0 saturated carbocycles. The Morgan fingerprint density at radius 1 is 1.14 bits per heavy atom. The Hall–Kier alpha value is -1.35. The Kier molecular flexibility index (Phi) is 5.40. The average Bonchev–Trinajstić information content (AvgIpc) is 2.45. The normalized spacial score (nSPS) is 18.2. The van der Waals surface area contributed by atoms with E-state index in [-0.39, 0.29) is 12.0 Å². The van der Waals surface area contributed by atoms with Gasteiger partial charge in [-0.3, -0.25) is 9.69 Å². The molecule has 1 atom stereocenters. The van der Waals surface area contributed by atoms with E-state index in [1.54, 1.807) is 0 Å². The third-order valence-corrected chi connectivity index (χ3v) is 3.80. The van der Waals surface area contributed by atoms with Crippen LogP contribution in [0.15, 0.2) is 30.3 Å². The van der Waals surface area contributed by atoms with Crippen LogP contribution in [0.5, 0.6) is 0 Å². The summed E-state index contributed by atoms with van der Waals surface area (Å²) >= 11 is 0. The first-order valence-corrected chi connectivity index (χ1v) is 7.96. The molecule has 1 aliphatic heterocycles. The fourth-order valence-corrected chi connectivity index (χ4v) is 2.90. The second-order valence-corrected chi connectivity index (χ2v) is 6.81. The van der Waals surface area contributed by atoms with E-state index in [9.17, 15) is 4.79 Å². The first-order valence-electron chi connectivity index (χ1n) is 7.96. The molecule has 0 radical (unpaired) electrons. The van der Waals surface area contributed by atoms with Crippen molar-refractivity contribution >= 4 is 5.97 Å². The second-order valence-electron chi connectivity index (χ2n) is 6.81. The number of likely N-dealkylation sites (tertiary alicyclic amines) is 1. The molecule has 1 heterocycles. The largest absolute Gasteiger partial charge is 0.460 e. The van der Waals surface area contributed by atoms with Crippen LogP contribution in [0.1, 0.15) is 58.1 Å². The molecule has 1 aliphatic rings. The fourth-order valence-electron chi connectivity index (χ4n) is 2.90. The van der Waals surface area contributed by atoms with Crippen LogP contribution in [0.4, 0.5) is 0 Å². The third kappa shape index (κ3) is 5.16. The van der Waals surface area contributed by atoms with Crippen LogP contribution in [0.3, 0.4) is 0 Å². The van der Waals surface area contributed by atoms with Gasteiger partial charge in [-0.2, -0.15) is 0 Å². The van der Waals surface area contributed by atoms with Crippen LogP contribution in [0.25, 0.3) is 0 Å². The van der Waals surface area contributed by atoms with Gasteiger partial charge in [-0.05, 0) is 52.3 Å². The van der Waals surface area contributed by atoms with Gasteiger partial charge in [0.05, 0.1) is 6.42 Å². The molecule has 0 amide bonds. The molecule has 3 heteroatoms. The summed E-state index contributed by atoms with van der Waals surface area (Å²) in [6.45, 7) is 7.90. The van der Waals surface area contributed by atoms with Crippen LogP contribution >= 0.6 is 0 Å². The molecule has 1 aromatic carbocycles. The maximum absolute atomic E-state index is 12.2. The topological polar surface area (TPSA) is 29.5 Å². The van der Waals surface area contributed by atoms with Gasteiger partial charge in [-0.25, -0.2) is 0 Å². The summed E-state index contributed by atoms with van der Waals surface area (Å²) in [5.74, 6) is -0.109. The highest BCUT2D eigenvalue weighted by molar-refractivity contribution is 5.71. The van der Waals surface area contributed by atoms with Crippen molar-refractivity contribution in [2.24, 2.45) is 0 Å². The van der Waals surface area contributed by atoms with Gasteiger partial charge in [-0.15, -0.1) is 0 Å². The minimum atomic E-state index is -0.416. The molecule has 1 saturated heterocycles. The Morgan fingerprint density at radius 2 is 1.76 bits per heavy atom. The van der Waals surface area contributed by atoms with E-state index in [0.717, 1.165) is 13.1 Å². The zero-order valence-corrected chi connectivity index (χ0v) is 13.5. The summed E-state index contributed by atoms with van der Waals surface area (Å²) in [5.41, 5.74) is 0.797. The molecule has 116 valence electrons. The lowest BCUT2D eigenvalue weighted by Crippen LogP contribution is -2.36. The molecule has 3 nitrogen and oxygen atoms in total. The first-order chi connectivity index (χ1) is 9.96. The molecule has 0 aliphatic carbocycles. The highest BCUT2D eigenvalue weighted by Crippen LogP contribution is 2.28. The van der Waals surface area contributed by atoms with Crippen molar-refractivity contribution in [3.63, 3.8) is 0 Å². The zero-order chi connectivity index (χ0) is 15.3. The number of ether oxygens (including phenoxy) is 1. The van der Waals surface area contributed by atoms with Gasteiger partial charge in [0.1, 0.15) is 5.60 Å². The molecule has 1 aromatic rings. The van der Waals surface area contributed by atoms with E-state index in [1.807, 2.05) is 39.0 Å². The van der Waals surface area contributed by atoms with Gasteiger partial charge < -0.3 is 4.74 Å². The summed E-state index contributed by atoms with van der Waals surface area (Å²) in [6.07, 6.45) is 4.17. The monoisotopic (exact) mass is 289 g/mol. The lowest BCUT2D eigenvalue weighted by Gasteiger charge is -2.35. The number of rotatable bonds is 4. The van der Waals surface area contributed by atoms with E-state index >= 15 is 0 Å². The summed E-state index contributed by atoms with van der Waals surface area (Å²) < 4.78 is 5.51. The van der Waals surface area contributed by atoms with Gasteiger partial charge in [0.25, 0.3) is 0 Å². The highest BCUT2D eigenvalue weighted by atomic mass is 16.6. The number of esters is 1. The molecule has 0 aromatic heterocycles. The number of piperidine rings is 1. The van der Waals surface area contributed by atoms with Crippen molar-refractivity contribution in [1.29, 1.82) is 0 Å². The Labute approximate surface area is 128 Å². The van der Waals surface area contributed by atoms with E-state index in [2.05, 4.69) is 17.0 Å². The van der Waals surface area contributed by atoms with E-state index in [0.29, 0.717) is 6.42 Å². The molecule has 0 spiro atoms. The molecule has 1 fully saturated rings. The van der Waals surface area contributed by atoms with Gasteiger partial charge in [0.2, 0.25) is 0 Å². The lowest BCUT2D eigenvalue weighted by atomic mass is 9.99. The summed E-state index contributed by atoms with van der Waals surface area (Å²) in [4.78, 5) is 14.7. The van der Waals surface area contributed by atoms with E-state index in [1.165, 1.54) is 24.8 Å². The molecule has 1 unspecified atom stereocenters. The SMILES string of the molecule is CC(C)(C)OC(=O)CC(c1ccccc1)N1CCCCC1. The number of carbonyl (C=O) groups is 1. The molecule has 2 rings (SSSR count). The molecule has 0 bridgehead atoms. The van der Waals surface area contributed by atoms with Crippen LogP contribution in [0.2, 0.25) is 0 Å². The highest BCUT2D eigenvalue weighted by Gasteiger charge is 2.27. The molecule has 21 heavy (non-hydrogen) atoms. The molecular formula is C18H27NO2. The number of carbonyl (C=O) groups excluding carboxylic acids is 1. The Bertz CT molecular complexity index is 444. The van der Waals surface area contributed by atoms with Gasteiger partial charge >= 0.3 is 5.97 Å². The first kappa shape index (κ1) is 16.0. The maximum atomic E-state index is 12.2. The van der Waals surface area contributed by atoms with Gasteiger partial charge in [0.15, 0.2) is 0 Å². The summed E-state index contributed by atoms with van der Waals surface area (Å²) in [6, 6.07) is 10.5. The van der Waals surface area contributed by atoms with Crippen LogP contribution in [0, 0.1) is 0 Å². The zero-order valence-electron chi connectivity index (χ0n) is 13.5. The second kappa shape index (κ2) is 7.08. The third-order valence-electron chi connectivity index (χ3n) is 3.80.